The molecule has 6 heteroatoms. The molecule has 2 N–H and O–H groups in total. The number of rotatable bonds is 2. The monoisotopic (exact) mass is 236 g/mol. The minimum Gasteiger partial charge on any atom is -0.505 e. The van der Waals surface area contributed by atoms with Crippen LogP contribution in [-0.4, -0.2) is 21.5 Å². The first-order chi connectivity index (χ1) is 6.20. The molecule has 14 heavy (non-hydrogen) atoms. The van der Waals surface area contributed by atoms with Crippen LogP contribution in [0.15, 0.2) is 11.4 Å². The maximum atomic E-state index is 9.52. The summed E-state index contributed by atoms with van der Waals surface area (Å²) in [6.45, 7) is 1.65. The normalized spacial score (nSPS) is 10.1. The smallest absolute Gasteiger partial charge is 0.145 e. The van der Waals surface area contributed by atoms with Gasteiger partial charge < -0.3 is 10.3 Å². The molecule has 0 atom stereocenters. The van der Waals surface area contributed by atoms with Gasteiger partial charge in [0.2, 0.25) is 0 Å². The average molecular weight is 237 g/mol. The summed E-state index contributed by atoms with van der Waals surface area (Å²) in [5.74, 6) is 0.207. The SMILES string of the molecule is Cc1ncc(CCl)c(/C=N\O)c1O.Cl. The van der Waals surface area contributed by atoms with Gasteiger partial charge in [-0.3, -0.25) is 4.98 Å². The topological polar surface area (TPSA) is 65.7 Å². The van der Waals surface area contributed by atoms with E-state index >= 15 is 0 Å². The zero-order valence-corrected chi connectivity index (χ0v) is 9.01. The second-order valence-electron chi connectivity index (χ2n) is 2.51. The highest BCUT2D eigenvalue weighted by atomic mass is 35.5. The molecule has 1 aromatic heterocycles. The molecule has 0 fully saturated rings. The molecular formula is C8H10Cl2N2O2. The Morgan fingerprint density at radius 2 is 2.29 bits per heavy atom. The van der Waals surface area contributed by atoms with Gasteiger partial charge in [0, 0.05) is 17.6 Å². The third-order valence-corrected chi connectivity index (χ3v) is 1.98. The third-order valence-electron chi connectivity index (χ3n) is 1.69. The number of hydrogen-bond donors (Lipinski definition) is 2. The number of nitrogens with zero attached hydrogens (tertiary/aromatic N) is 2. The molecular weight excluding hydrogens is 227 g/mol. The van der Waals surface area contributed by atoms with Crippen LogP contribution < -0.4 is 0 Å². The van der Waals surface area contributed by atoms with Crippen molar-refractivity contribution in [3.8, 4) is 5.75 Å². The number of halogens is 2. The van der Waals surface area contributed by atoms with Gasteiger partial charge in [-0.15, -0.1) is 24.0 Å². The summed E-state index contributed by atoms with van der Waals surface area (Å²) in [5, 5.41) is 20.7. The zero-order valence-electron chi connectivity index (χ0n) is 7.44. The number of hydrogen-bond acceptors (Lipinski definition) is 4. The highest BCUT2D eigenvalue weighted by Gasteiger charge is 2.08. The van der Waals surface area contributed by atoms with Gasteiger partial charge in [-0.25, -0.2) is 0 Å². The summed E-state index contributed by atoms with van der Waals surface area (Å²) in [7, 11) is 0. The van der Waals surface area contributed by atoms with Crippen LogP contribution in [0, 0.1) is 6.92 Å². The van der Waals surface area contributed by atoms with E-state index in [-0.39, 0.29) is 24.0 Å². The molecule has 0 saturated heterocycles. The Labute approximate surface area is 92.6 Å². The lowest BCUT2D eigenvalue weighted by atomic mass is 10.1. The molecule has 0 radical (unpaired) electrons. The number of oxime groups is 1. The largest absolute Gasteiger partial charge is 0.505 e. The van der Waals surface area contributed by atoms with Crippen LogP contribution in [0.3, 0.4) is 0 Å². The first-order valence-corrected chi connectivity index (χ1v) is 4.15. The first-order valence-electron chi connectivity index (χ1n) is 3.61. The van der Waals surface area contributed by atoms with E-state index in [2.05, 4.69) is 10.1 Å². The Kier molecular flexibility index (Phi) is 5.27. The predicted molar refractivity (Wildman–Crippen MR) is 56.8 cm³/mol. The van der Waals surface area contributed by atoms with Gasteiger partial charge in [0.05, 0.1) is 11.9 Å². The van der Waals surface area contributed by atoms with Gasteiger partial charge in [-0.05, 0) is 12.5 Å². The van der Waals surface area contributed by atoms with E-state index in [9.17, 15) is 5.11 Å². The van der Waals surface area contributed by atoms with Crippen molar-refractivity contribution in [2.75, 3.05) is 0 Å². The third kappa shape index (κ3) is 2.49. The molecule has 78 valence electrons. The van der Waals surface area contributed by atoms with E-state index in [1.165, 1.54) is 0 Å². The van der Waals surface area contributed by atoms with Crippen LogP contribution in [-0.2, 0) is 5.88 Å². The molecule has 0 amide bonds. The van der Waals surface area contributed by atoms with Gasteiger partial charge >= 0.3 is 0 Å². The van der Waals surface area contributed by atoms with Gasteiger partial charge in [0.1, 0.15) is 5.75 Å². The maximum Gasteiger partial charge on any atom is 0.145 e. The maximum absolute atomic E-state index is 9.52. The summed E-state index contributed by atoms with van der Waals surface area (Å²) in [6.07, 6.45) is 2.68. The number of aromatic nitrogens is 1. The van der Waals surface area contributed by atoms with E-state index in [0.29, 0.717) is 16.8 Å². The van der Waals surface area contributed by atoms with Crippen molar-refractivity contribution < 1.29 is 10.3 Å². The number of aryl methyl sites for hydroxylation is 1. The average Bonchev–Trinajstić information content (AvgIpc) is 2.14. The minimum atomic E-state index is -0.00375. The summed E-state index contributed by atoms with van der Waals surface area (Å²) in [6, 6.07) is 0. The van der Waals surface area contributed by atoms with Crippen molar-refractivity contribution in [1.29, 1.82) is 0 Å². The standard InChI is InChI=1S/C8H9ClN2O2.ClH/c1-5-8(12)7(4-11-13)6(2-9)3-10-5;/h3-4,12-13H,2H2,1H3;1H/b11-4-;. The van der Waals surface area contributed by atoms with Crippen LogP contribution in [0.2, 0.25) is 0 Å². The molecule has 0 unspecified atom stereocenters. The fourth-order valence-electron chi connectivity index (χ4n) is 0.961. The molecule has 0 aromatic carbocycles. The van der Waals surface area contributed by atoms with Crippen LogP contribution >= 0.6 is 24.0 Å². The number of aromatic hydroxyl groups is 1. The minimum absolute atomic E-state index is 0. The second-order valence-corrected chi connectivity index (χ2v) is 2.78. The van der Waals surface area contributed by atoms with Crippen LogP contribution in [0.25, 0.3) is 0 Å². The van der Waals surface area contributed by atoms with Gasteiger partial charge in [0.15, 0.2) is 0 Å². The van der Waals surface area contributed by atoms with Crippen molar-refractivity contribution in [2.45, 2.75) is 12.8 Å². The van der Waals surface area contributed by atoms with Crippen molar-refractivity contribution in [3.63, 3.8) is 0 Å². The van der Waals surface area contributed by atoms with Crippen molar-refractivity contribution in [3.05, 3.63) is 23.0 Å². The fourth-order valence-corrected chi connectivity index (χ4v) is 1.17. The lowest BCUT2D eigenvalue weighted by molar-refractivity contribution is 0.321. The van der Waals surface area contributed by atoms with Gasteiger partial charge in [-0.1, -0.05) is 5.16 Å². The summed E-state index contributed by atoms with van der Waals surface area (Å²) in [5.41, 5.74) is 1.51. The summed E-state index contributed by atoms with van der Waals surface area (Å²) >= 11 is 5.60. The second kappa shape index (κ2) is 5.67. The first kappa shape index (κ1) is 13.0. The van der Waals surface area contributed by atoms with Crippen molar-refractivity contribution in [1.82, 2.24) is 4.98 Å². The molecule has 0 aliphatic carbocycles. The molecule has 1 aromatic rings. The van der Waals surface area contributed by atoms with Crippen LogP contribution in [0.5, 0.6) is 5.75 Å². The molecule has 0 bridgehead atoms. The van der Waals surface area contributed by atoms with Crippen molar-refractivity contribution in [2.24, 2.45) is 5.16 Å². The highest BCUT2D eigenvalue weighted by Crippen LogP contribution is 2.22. The van der Waals surface area contributed by atoms with E-state index < -0.39 is 0 Å². The molecule has 1 rings (SSSR count). The molecule has 0 saturated carbocycles. The molecule has 0 aliphatic rings. The Bertz CT molecular complexity index is 342. The van der Waals surface area contributed by atoms with Gasteiger partial charge in [-0.2, -0.15) is 0 Å². The van der Waals surface area contributed by atoms with E-state index in [1.54, 1.807) is 13.1 Å². The van der Waals surface area contributed by atoms with Crippen molar-refractivity contribution >= 4 is 30.2 Å². The summed E-state index contributed by atoms with van der Waals surface area (Å²) < 4.78 is 0. The lowest BCUT2D eigenvalue weighted by Gasteiger charge is -2.05. The molecule has 0 spiro atoms. The van der Waals surface area contributed by atoms with Gasteiger partial charge in [0.25, 0.3) is 0 Å². The fraction of sp³-hybridized carbons (Fsp3) is 0.250. The summed E-state index contributed by atoms with van der Waals surface area (Å²) in [4.78, 5) is 3.91. The molecule has 1 heterocycles. The zero-order chi connectivity index (χ0) is 9.84. The number of alkyl halides is 1. The predicted octanol–water partition coefficient (Wildman–Crippen LogP) is 2.06. The Morgan fingerprint density at radius 3 is 2.79 bits per heavy atom. The quantitative estimate of drug-likeness (QED) is 0.358. The van der Waals surface area contributed by atoms with Crippen LogP contribution in [0.1, 0.15) is 16.8 Å². The molecule has 0 aliphatic heterocycles. The van der Waals surface area contributed by atoms with E-state index in [1.807, 2.05) is 0 Å². The van der Waals surface area contributed by atoms with E-state index in [4.69, 9.17) is 16.8 Å². The van der Waals surface area contributed by atoms with Crippen LogP contribution in [0.4, 0.5) is 0 Å². The highest BCUT2D eigenvalue weighted by molar-refractivity contribution is 6.17. The van der Waals surface area contributed by atoms with E-state index in [0.717, 1.165) is 6.21 Å². The molecule has 4 nitrogen and oxygen atoms in total. The number of pyridine rings is 1. The Morgan fingerprint density at radius 1 is 1.64 bits per heavy atom. The Balaban J connectivity index is 0.00000169. The Hall–Kier alpha value is -1.000. The lowest BCUT2D eigenvalue weighted by Crippen LogP contribution is -1.95.